The van der Waals surface area contributed by atoms with Gasteiger partial charge in [-0.05, 0) is 43.3 Å². The Morgan fingerprint density at radius 2 is 1.80 bits per heavy atom. The molecule has 3 N–H and O–H groups in total. The van der Waals surface area contributed by atoms with Crippen molar-refractivity contribution < 1.29 is 17.8 Å². The van der Waals surface area contributed by atoms with E-state index in [1.165, 1.54) is 24.3 Å². The maximum Gasteiger partial charge on any atom is 0.294 e. The van der Waals surface area contributed by atoms with Crippen LogP contribution in [-0.4, -0.2) is 24.6 Å². The van der Waals surface area contributed by atoms with Gasteiger partial charge in [-0.25, -0.2) is 0 Å². The van der Waals surface area contributed by atoms with Crippen molar-refractivity contribution in [3.05, 3.63) is 53.6 Å². The zero-order valence-corrected chi connectivity index (χ0v) is 14.8. The van der Waals surface area contributed by atoms with E-state index in [-0.39, 0.29) is 17.2 Å². The predicted octanol–water partition coefficient (Wildman–Crippen LogP) is 3.40. The van der Waals surface area contributed by atoms with Gasteiger partial charge >= 0.3 is 0 Å². The zero-order valence-electron chi connectivity index (χ0n) is 13.2. The van der Waals surface area contributed by atoms with Gasteiger partial charge in [-0.3, -0.25) is 14.8 Å². The SMILES string of the molecule is C/C(CC(=O)Nc1ccccc1Cl)=N\Nc1ccc(S(=O)(=O)O)cc1. The molecule has 9 heteroatoms. The van der Waals surface area contributed by atoms with Crippen molar-refractivity contribution in [2.24, 2.45) is 5.10 Å². The largest absolute Gasteiger partial charge is 0.324 e. The molecule has 0 saturated heterocycles. The molecule has 0 aliphatic carbocycles. The second kappa shape index (κ2) is 8.11. The molecule has 0 unspecified atom stereocenters. The molecule has 0 saturated carbocycles. The van der Waals surface area contributed by atoms with E-state index in [4.69, 9.17) is 16.2 Å². The van der Waals surface area contributed by atoms with Crippen molar-refractivity contribution >= 4 is 44.7 Å². The van der Waals surface area contributed by atoms with Gasteiger partial charge in [0.15, 0.2) is 0 Å². The van der Waals surface area contributed by atoms with Crippen LogP contribution in [0.2, 0.25) is 5.02 Å². The van der Waals surface area contributed by atoms with Crippen LogP contribution >= 0.6 is 11.6 Å². The van der Waals surface area contributed by atoms with E-state index in [1.807, 2.05) is 0 Å². The zero-order chi connectivity index (χ0) is 18.4. The van der Waals surface area contributed by atoms with E-state index >= 15 is 0 Å². The first-order valence-electron chi connectivity index (χ1n) is 7.17. The minimum absolute atomic E-state index is 0.0569. The third kappa shape index (κ3) is 5.86. The Hall–Kier alpha value is -2.42. The number of benzene rings is 2. The van der Waals surface area contributed by atoms with Gasteiger partial charge in [0.2, 0.25) is 5.91 Å². The summed E-state index contributed by atoms with van der Waals surface area (Å²) >= 11 is 5.97. The summed E-state index contributed by atoms with van der Waals surface area (Å²) in [6.45, 7) is 1.67. The highest BCUT2D eigenvalue weighted by Gasteiger charge is 2.09. The quantitative estimate of drug-likeness (QED) is 0.403. The minimum atomic E-state index is -4.23. The Morgan fingerprint density at radius 3 is 2.40 bits per heavy atom. The molecule has 0 aliphatic heterocycles. The van der Waals surface area contributed by atoms with Gasteiger partial charge in [-0.2, -0.15) is 13.5 Å². The molecule has 0 spiro atoms. The van der Waals surface area contributed by atoms with Crippen LogP contribution in [0.3, 0.4) is 0 Å². The smallest absolute Gasteiger partial charge is 0.294 e. The number of carbonyl (C=O) groups excluding carboxylic acids is 1. The Morgan fingerprint density at radius 1 is 1.16 bits per heavy atom. The summed E-state index contributed by atoms with van der Waals surface area (Å²) in [5, 5.41) is 7.19. The first-order chi connectivity index (χ1) is 11.8. The van der Waals surface area contributed by atoms with Gasteiger partial charge in [0.05, 0.1) is 27.7 Å². The van der Waals surface area contributed by atoms with Crippen LogP contribution in [0.15, 0.2) is 58.5 Å². The van der Waals surface area contributed by atoms with Crippen LogP contribution in [0.4, 0.5) is 11.4 Å². The number of anilines is 2. The summed E-state index contributed by atoms with van der Waals surface area (Å²) in [6.07, 6.45) is 0.0569. The predicted molar refractivity (Wildman–Crippen MR) is 97.7 cm³/mol. The van der Waals surface area contributed by atoms with Gasteiger partial charge < -0.3 is 5.32 Å². The average molecular weight is 382 g/mol. The fraction of sp³-hybridized carbons (Fsp3) is 0.125. The number of carbonyl (C=O) groups is 1. The lowest BCUT2D eigenvalue weighted by atomic mass is 10.2. The van der Waals surface area contributed by atoms with Crippen molar-refractivity contribution in [3.63, 3.8) is 0 Å². The number of hydrogen-bond donors (Lipinski definition) is 3. The van der Waals surface area contributed by atoms with E-state index in [0.29, 0.717) is 22.1 Å². The summed E-state index contributed by atoms with van der Waals surface area (Å²) in [4.78, 5) is 11.8. The molecule has 0 heterocycles. The second-order valence-corrected chi connectivity index (χ2v) is 6.99. The van der Waals surface area contributed by atoms with Crippen LogP contribution in [0.5, 0.6) is 0 Å². The van der Waals surface area contributed by atoms with Crippen molar-refractivity contribution in [2.45, 2.75) is 18.2 Å². The average Bonchev–Trinajstić information content (AvgIpc) is 2.54. The van der Waals surface area contributed by atoms with Gasteiger partial charge in [0.1, 0.15) is 0 Å². The Kier molecular flexibility index (Phi) is 6.13. The Labute approximate surface area is 150 Å². The number of nitrogens with one attached hydrogen (secondary N) is 2. The molecule has 132 valence electrons. The van der Waals surface area contributed by atoms with Gasteiger partial charge in [0.25, 0.3) is 10.1 Å². The fourth-order valence-electron chi connectivity index (χ4n) is 1.89. The summed E-state index contributed by atoms with van der Waals surface area (Å²) in [6, 6.07) is 12.3. The van der Waals surface area contributed by atoms with Crippen LogP contribution in [0, 0.1) is 0 Å². The Balaban J connectivity index is 1.93. The lowest BCUT2D eigenvalue weighted by Gasteiger charge is -2.07. The van der Waals surface area contributed by atoms with Crippen LogP contribution in [0.25, 0.3) is 0 Å². The highest BCUT2D eigenvalue weighted by Crippen LogP contribution is 2.20. The van der Waals surface area contributed by atoms with Crippen LogP contribution in [0.1, 0.15) is 13.3 Å². The minimum Gasteiger partial charge on any atom is -0.324 e. The van der Waals surface area contributed by atoms with Crippen molar-refractivity contribution in [1.82, 2.24) is 0 Å². The van der Waals surface area contributed by atoms with E-state index in [1.54, 1.807) is 31.2 Å². The van der Waals surface area contributed by atoms with Crippen molar-refractivity contribution in [1.29, 1.82) is 0 Å². The molecule has 0 bridgehead atoms. The second-order valence-electron chi connectivity index (χ2n) is 5.16. The number of rotatable bonds is 6. The Bertz CT molecular complexity index is 896. The molecule has 0 aromatic heterocycles. The number of amides is 1. The standard InChI is InChI=1S/C16H16ClN3O4S/c1-11(10-16(21)18-15-5-3-2-4-14(15)17)19-20-12-6-8-13(9-7-12)25(22,23)24/h2-9,20H,10H2,1H3,(H,18,21)(H,22,23,24)/b19-11+. The number of hydrogen-bond acceptors (Lipinski definition) is 5. The van der Waals surface area contributed by atoms with Crippen LogP contribution in [-0.2, 0) is 14.9 Å². The molecule has 1 amide bonds. The molecule has 0 radical (unpaired) electrons. The summed E-state index contributed by atoms with van der Waals surface area (Å²) in [5.74, 6) is -0.266. The summed E-state index contributed by atoms with van der Waals surface area (Å²) in [5.41, 5.74) is 4.26. The number of para-hydroxylation sites is 1. The lowest BCUT2D eigenvalue weighted by molar-refractivity contribution is -0.115. The van der Waals surface area contributed by atoms with Gasteiger partial charge in [-0.15, -0.1) is 0 Å². The monoisotopic (exact) mass is 381 g/mol. The molecule has 0 fully saturated rings. The molecular formula is C16H16ClN3O4S. The normalized spacial score (nSPS) is 11.9. The topological polar surface area (TPSA) is 108 Å². The van der Waals surface area contributed by atoms with Crippen LogP contribution < -0.4 is 10.7 Å². The van der Waals surface area contributed by atoms with E-state index in [9.17, 15) is 13.2 Å². The number of hydrazone groups is 1. The molecule has 2 aromatic carbocycles. The van der Waals surface area contributed by atoms with Gasteiger partial charge in [0, 0.05) is 5.71 Å². The van der Waals surface area contributed by atoms with Crippen molar-refractivity contribution in [3.8, 4) is 0 Å². The van der Waals surface area contributed by atoms with E-state index in [0.717, 1.165) is 0 Å². The molecule has 2 aromatic rings. The summed E-state index contributed by atoms with van der Waals surface area (Å²) < 4.78 is 30.8. The number of halogens is 1. The highest BCUT2D eigenvalue weighted by atomic mass is 35.5. The third-order valence-corrected chi connectivity index (χ3v) is 4.29. The number of nitrogens with zero attached hydrogens (tertiary/aromatic N) is 1. The first-order valence-corrected chi connectivity index (χ1v) is 8.98. The maximum atomic E-state index is 12.0. The molecule has 0 atom stereocenters. The van der Waals surface area contributed by atoms with Crippen molar-refractivity contribution in [2.75, 3.05) is 10.7 Å². The third-order valence-electron chi connectivity index (χ3n) is 3.09. The first kappa shape index (κ1) is 18.9. The van der Waals surface area contributed by atoms with E-state index in [2.05, 4.69) is 15.8 Å². The maximum absolute atomic E-state index is 12.0. The molecule has 2 rings (SSSR count). The van der Waals surface area contributed by atoms with E-state index < -0.39 is 10.1 Å². The molecule has 0 aliphatic rings. The molecule has 7 nitrogen and oxygen atoms in total. The molecular weight excluding hydrogens is 366 g/mol. The van der Waals surface area contributed by atoms with Gasteiger partial charge in [-0.1, -0.05) is 23.7 Å². The lowest BCUT2D eigenvalue weighted by Crippen LogP contribution is -2.15. The summed E-state index contributed by atoms with van der Waals surface area (Å²) in [7, 11) is -4.23. The fourth-order valence-corrected chi connectivity index (χ4v) is 2.55. The highest BCUT2D eigenvalue weighted by molar-refractivity contribution is 7.85. The molecule has 25 heavy (non-hydrogen) atoms.